The number of hydrogen-bond acceptors (Lipinski definition) is 3. The van der Waals surface area contributed by atoms with E-state index in [4.69, 9.17) is 0 Å². The van der Waals surface area contributed by atoms with Crippen LogP contribution in [0.1, 0.15) is 6.42 Å². The van der Waals surface area contributed by atoms with Crippen LogP contribution in [0, 0.1) is 5.75 Å². The van der Waals surface area contributed by atoms with Gasteiger partial charge in [-0.3, -0.25) is 0 Å². The molecular formula is C10H11LiNOS-. The first-order valence-electron chi connectivity index (χ1n) is 3.99. The van der Waals surface area contributed by atoms with E-state index in [-0.39, 0.29) is 24.8 Å². The van der Waals surface area contributed by atoms with E-state index in [0.717, 1.165) is 4.90 Å². The van der Waals surface area contributed by atoms with Crippen molar-refractivity contribution < 1.29 is 5.11 Å². The molecule has 1 aromatic rings. The second kappa shape index (κ2) is 7.99. The minimum absolute atomic E-state index is 0. The average molecular weight is 200 g/mol. The van der Waals surface area contributed by atoms with Crippen LogP contribution in [0.15, 0.2) is 40.2 Å². The summed E-state index contributed by atoms with van der Waals surface area (Å²) in [6, 6.07) is 9.93. The van der Waals surface area contributed by atoms with Gasteiger partial charge >= 0.3 is 0 Å². The first kappa shape index (κ1) is 13.6. The van der Waals surface area contributed by atoms with Crippen LogP contribution in [0.5, 0.6) is 0 Å². The number of aliphatic imine (C=N–C) groups is 1. The number of rotatable bonds is 4. The van der Waals surface area contributed by atoms with Crippen molar-refractivity contribution >= 4 is 36.5 Å². The van der Waals surface area contributed by atoms with Gasteiger partial charge in [0.15, 0.2) is 0 Å². The summed E-state index contributed by atoms with van der Waals surface area (Å²) in [6.07, 6.45) is 0.399. The normalized spacial score (nSPS) is 10.8. The SMILES string of the molecule is CN=C([O-])C[CH]Sc1ccccc1.[Li]. The zero-order valence-electron chi connectivity index (χ0n) is 8.43. The third-order valence-electron chi connectivity index (χ3n) is 1.47. The Balaban J connectivity index is 0.00000169. The van der Waals surface area contributed by atoms with Gasteiger partial charge in [-0.05, 0) is 24.5 Å². The van der Waals surface area contributed by atoms with Gasteiger partial charge < -0.3 is 10.1 Å². The zero-order chi connectivity index (χ0) is 9.52. The van der Waals surface area contributed by atoms with Gasteiger partial charge in [-0.15, -0.1) is 11.8 Å². The topological polar surface area (TPSA) is 35.4 Å². The molecule has 0 aromatic heterocycles. The molecule has 14 heavy (non-hydrogen) atoms. The largest absolute Gasteiger partial charge is 0.862 e. The van der Waals surface area contributed by atoms with Crippen LogP contribution < -0.4 is 5.11 Å². The Labute approximate surface area is 101 Å². The monoisotopic (exact) mass is 200 g/mol. The van der Waals surface area contributed by atoms with Crippen molar-refractivity contribution in [3.05, 3.63) is 36.1 Å². The fraction of sp³-hybridized carbons (Fsp3) is 0.200. The number of thioether (sulfide) groups is 1. The molecule has 0 aliphatic rings. The van der Waals surface area contributed by atoms with Gasteiger partial charge in [-0.2, -0.15) is 0 Å². The van der Waals surface area contributed by atoms with Crippen LogP contribution in [0.4, 0.5) is 0 Å². The molecule has 0 N–H and O–H groups in total. The summed E-state index contributed by atoms with van der Waals surface area (Å²) in [5.74, 6) is 1.79. The molecule has 0 atom stereocenters. The average Bonchev–Trinajstić information content (AvgIpc) is 2.19. The molecule has 0 spiro atoms. The van der Waals surface area contributed by atoms with Gasteiger partial charge in [0.2, 0.25) is 0 Å². The summed E-state index contributed by atoms with van der Waals surface area (Å²) in [4.78, 5) is 4.68. The quantitative estimate of drug-likeness (QED) is 0.318. The first-order valence-corrected chi connectivity index (χ1v) is 4.87. The van der Waals surface area contributed by atoms with Crippen LogP contribution in [0.2, 0.25) is 0 Å². The number of nitrogens with zero attached hydrogens (tertiary/aromatic N) is 1. The predicted octanol–water partition coefficient (Wildman–Crippen LogP) is 1.34. The maximum Gasteiger partial charge on any atom is 0.0266 e. The maximum atomic E-state index is 10.8. The summed E-state index contributed by atoms with van der Waals surface area (Å²) in [6.45, 7) is 0. The van der Waals surface area contributed by atoms with E-state index in [1.54, 1.807) is 11.8 Å². The van der Waals surface area contributed by atoms with E-state index in [1.807, 2.05) is 36.1 Å². The van der Waals surface area contributed by atoms with Gasteiger partial charge in [0.1, 0.15) is 0 Å². The molecule has 0 fully saturated rings. The summed E-state index contributed by atoms with van der Waals surface area (Å²) in [5, 5.41) is 10.8. The van der Waals surface area contributed by atoms with Gasteiger partial charge in [0.25, 0.3) is 0 Å². The van der Waals surface area contributed by atoms with Crippen LogP contribution >= 0.6 is 11.8 Å². The van der Waals surface area contributed by atoms with Crippen LogP contribution in [0.3, 0.4) is 0 Å². The number of hydrogen-bond donors (Lipinski definition) is 0. The minimum atomic E-state index is -0.0802. The molecule has 4 heteroatoms. The molecule has 0 unspecified atom stereocenters. The van der Waals surface area contributed by atoms with Crippen molar-refractivity contribution in [2.45, 2.75) is 11.3 Å². The summed E-state index contributed by atoms with van der Waals surface area (Å²) < 4.78 is 0. The second-order valence-corrected chi connectivity index (χ2v) is 3.46. The van der Waals surface area contributed by atoms with E-state index >= 15 is 0 Å². The molecule has 0 amide bonds. The molecule has 2 radical (unpaired) electrons. The third kappa shape index (κ3) is 5.39. The second-order valence-electron chi connectivity index (χ2n) is 2.42. The van der Waals surface area contributed by atoms with E-state index in [9.17, 15) is 5.11 Å². The standard InChI is InChI=1S/C10H12NOS.Li/c1-11-10(12)7-8-13-9-5-3-2-4-6-9;/h2-6,8H,7H2,1H3,(H,11,12);/p-1. The van der Waals surface area contributed by atoms with Crippen molar-refractivity contribution in [1.82, 2.24) is 0 Å². The van der Waals surface area contributed by atoms with Crippen LogP contribution in [0.25, 0.3) is 0 Å². The Morgan fingerprint density at radius 3 is 2.64 bits per heavy atom. The van der Waals surface area contributed by atoms with Crippen LogP contribution in [-0.2, 0) is 0 Å². The van der Waals surface area contributed by atoms with Crippen molar-refractivity contribution in [2.75, 3.05) is 7.05 Å². The molecule has 0 heterocycles. The molecule has 70 valence electrons. The molecule has 1 rings (SSSR count). The predicted molar refractivity (Wildman–Crippen MR) is 60.3 cm³/mol. The maximum absolute atomic E-state index is 10.8. The molecule has 0 saturated carbocycles. The van der Waals surface area contributed by atoms with E-state index in [1.165, 1.54) is 7.05 Å². The van der Waals surface area contributed by atoms with Crippen molar-refractivity contribution in [2.24, 2.45) is 4.99 Å². The van der Waals surface area contributed by atoms with Crippen molar-refractivity contribution in [3.8, 4) is 0 Å². The summed E-state index contributed by atoms with van der Waals surface area (Å²) >= 11 is 1.56. The minimum Gasteiger partial charge on any atom is -0.862 e. The van der Waals surface area contributed by atoms with E-state index in [2.05, 4.69) is 4.99 Å². The Hall–Kier alpha value is -0.363. The van der Waals surface area contributed by atoms with Gasteiger partial charge in [0.05, 0.1) is 0 Å². The summed E-state index contributed by atoms with van der Waals surface area (Å²) in [7, 11) is 1.52. The Kier molecular flexibility index (Phi) is 7.78. The summed E-state index contributed by atoms with van der Waals surface area (Å²) in [5.41, 5.74) is 0. The van der Waals surface area contributed by atoms with Crippen molar-refractivity contribution in [3.63, 3.8) is 0 Å². The fourth-order valence-electron chi connectivity index (χ4n) is 0.800. The smallest absolute Gasteiger partial charge is 0.0266 e. The molecule has 1 aromatic carbocycles. The molecule has 0 aliphatic heterocycles. The Morgan fingerprint density at radius 1 is 1.43 bits per heavy atom. The molecule has 2 nitrogen and oxygen atoms in total. The molecule has 0 saturated heterocycles. The van der Waals surface area contributed by atoms with Crippen LogP contribution in [-0.4, -0.2) is 31.8 Å². The van der Waals surface area contributed by atoms with Crippen molar-refractivity contribution in [1.29, 1.82) is 0 Å². The molecule has 0 aliphatic carbocycles. The number of benzene rings is 1. The molecular weight excluding hydrogens is 189 g/mol. The Bertz CT molecular complexity index is 277. The van der Waals surface area contributed by atoms with Gasteiger partial charge in [-0.25, -0.2) is 0 Å². The Morgan fingerprint density at radius 2 is 2.07 bits per heavy atom. The zero-order valence-corrected chi connectivity index (χ0v) is 9.25. The third-order valence-corrected chi connectivity index (χ3v) is 2.35. The van der Waals surface area contributed by atoms with E-state index < -0.39 is 0 Å². The molecule has 0 bridgehead atoms. The van der Waals surface area contributed by atoms with E-state index in [0.29, 0.717) is 6.42 Å². The van der Waals surface area contributed by atoms with Gasteiger partial charge in [-0.1, -0.05) is 18.2 Å². The van der Waals surface area contributed by atoms with Gasteiger partial charge in [0, 0.05) is 36.6 Å². The first-order chi connectivity index (χ1) is 6.33. The fourth-order valence-corrected chi connectivity index (χ4v) is 1.53.